The molecule has 0 saturated carbocycles. The largest absolute Gasteiger partial charge is 0.442 e. The molecule has 1 aliphatic rings. The Morgan fingerprint density at radius 3 is 2.73 bits per heavy atom. The third kappa shape index (κ3) is 4.66. The van der Waals surface area contributed by atoms with Crippen molar-refractivity contribution in [1.82, 2.24) is 14.9 Å². The molecule has 33 heavy (non-hydrogen) atoms. The third-order valence-electron chi connectivity index (χ3n) is 5.01. The lowest BCUT2D eigenvalue weighted by molar-refractivity contribution is -0.119. The quantitative estimate of drug-likeness (QED) is 0.337. The van der Waals surface area contributed by atoms with Gasteiger partial charge in [0.15, 0.2) is 0 Å². The van der Waals surface area contributed by atoms with Gasteiger partial charge in [0, 0.05) is 36.6 Å². The molecule has 170 valence electrons. The minimum atomic E-state index is -0.861. The second kappa shape index (κ2) is 9.07. The van der Waals surface area contributed by atoms with Gasteiger partial charge in [0.1, 0.15) is 23.6 Å². The van der Waals surface area contributed by atoms with E-state index in [0.717, 1.165) is 17.0 Å². The molecule has 3 aromatic rings. The standard InChI is InChI=1S/C22H19F2N5O4/c1-13(30)25-10-17-12-29(22(31)33-17)16-6-18(23)21(19(24)7-16)15-2-3-20(26-9-15)28-5-4-14(11-28)8-27-32/h2-9,11,17,32H,10,12H2,1H3,(H,25,30)/b27-8+/t17-/m0/s1. The Bertz CT molecular complexity index is 1200. The molecule has 2 amide bonds. The lowest BCUT2D eigenvalue weighted by Gasteiger charge is -2.15. The van der Waals surface area contributed by atoms with E-state index < -0.39 is 23.8 Å². The van der Waals surface area contributed by atoms with Crippen LogP contribution in [0.2, 0.25) is 0 Å². The van der Waals surface area contributed by atoms with E-state index in [1.165, 1.54) is 25.4 Å². The molecule has 1 atom stereocenters. The number of amides is 2. The number of ether oxygens (including phenoxy) is 1. The first-order chi connectivity index (χ1) is 15.9. The number of carbonyl (C=O) groups is 2. The van der Waals surface area contributed by atoms with Crippen molar-refractivity contribution in [3.63, 3.8) is 0 Å². The van der Waals surface area contributed by atoms with Crippen LogP contribution in [0.4, 0.5) is 19.3 Å². The first-order valence-electron chi connectivity index (χ1n) is 9.89. The first kappa shape index (κ1) is 21.9. The maximum atomic E-state index is 14.9. The van der Waals surface area contributed by atoms with Gasteiger partial charge < -0.3 is 19.8 Å². The summed E-state index contributed by atoms with van der Waals surface area (Å²) in [5.41, 5.74) is 0.604. The summed E-state index contributed by atoms with van der Waals surface area (Å²) in [6, 6.07) is 6.93. The molecule has 0 spiro atoms. The maximum absolute atomic E-state index is 14.9. The van der Waals surface area contributed by atoms with Crippen LogP contribution in [0.5, 0.6) is 0 Å². The Morgan fingerprint density at radius 2 is 2.09 bits per heavy atom. The molecule has 0 aliphatic carbocycles. The van der Waals surface area contributed by atoms with E-state index in [2.05, 4.69) is 15.5 Å². The lowest BCUT2D eigenvalue weighted by atomic mass is 10.1. The zero-order valence-electron chi connectivity index (χ0n) is 17.4. The summed E-state index contributed by atoms with van der Waals surface area (Å²) in [6.45, 7) is 1.49. The van der Waals surface area contributed by atoms with Crippen LogP contribution in [0.25, 0.3) is 16.9 Å². The van der Waals surface area contributed by atoms with Gasteiger partial charge in [0.05, 0.1) is 30.6 Å². The zero-order valence-corrected chi connectivity index (χ0v) is 17.4. The minimum absolute atomic E-state index is 0.0130. The predicted molar refractivity (Wildman–Crippen MR) is 115 cm³/mol. The Labute approximate surface area is 186 Å². The number of benzene rings is 1. The van der Waals surface area contributed by atoms with Crippen molar-refractivity contribution in [2.24, 2.45) is 5.16 Å². The topological polar surface area (TPSA) is 109 Å². The van der Waals surface area contributed by atoms with E-state index >= 15 is 0 Å². The van der Waals surface area contributed by atoms with Gasteiger partial charge in [-0.15, -0.1) is 0 Å². The van der Waals surface area contributed by atoms with Gasteiger partial charge >= 0.3 is 6.09 Å². The summed E-state index contributed by atoms with van der Waals surface area (Å²) in [6.07, 6.45) is 4.59. The van der Waals surface area contributed by atoms with Crippen LogP contribution < -0.4 is 10.2 Å². The molecule has 11 heteroatoms. The lowest BCUT2D eigenvalue weighted by Crippen LogP contribution is -2.33. The highest BCUT2D eigenvalue weighted by Gasteiger charge is 2.33. The van der Waals surface area contributed by atoms with E-state index in [0.29, 0.717) is 11.4 Å². The second-order valence-corrected chi connectivity index (χ2v) is 7.34. The van der Waals surface area contributed by atoms with Crippen LogP contribution >= 0.6 is 0 Å². The normalized spacial score (nSPS) is 15.8. The van der Waals surface area contributed by atoms with Gasteiger partial charge in [0.25, 0.3) is 0 Å². The molecule has 3 heterocycles. The van der Waals surface area contributed by atoms with Crippen LogP contribution in [0, 0.1) is 11.6 Å². The number of rotatable bonds is 6. The molecular weight excluding hydrogens is 436 g/mol. The van der Waals surface area contributed by atoms with Gasteiger partial charge in [0.2, 0.25) is 5.91 Å². The fourth-order valence-electron chi connectivity index (χ4n) is 3.47. The first-order valence-corrected chi connectivity index (χ1v) is 9.89. The van der Waals surface area contributed by atoms with Crippen molar-refractivity contribution < 1.29 is 28.3 Å². The number of nitrogens with zero attached hydrogens (tertiary/aromatic N) is 4. The van der Waals surface area contributed by atoms with E-state index in [-0.39, 0.29) is 35.8 Å². The predicted octanol–water partition coefficient (Wildman–Crippen LogP) is 3.09. The molecule has 1 aliphatic heterocycles. The Morgan fingerprint density at radius 1 is 1.33 bits per heavy atom. The second-order valence-electron chi connectivity index (χ2n) is 7.34. The number of aromatic nitrogens is 2. The Balaban J connectivity index is 1.55. The van der Waals surface area contributed by atoms with Crippen LogP contribution in [0.3, 0.4) is 0 Å². The highest BCUT2D eigenvalue weighted by atomic mass is 19.1. The summed E-state index contributed by atoms with van der Waals surface area (Å²) >= 11 is 0. The highest BCUT2D eigenvalue weighted by molar-refractivity contribution is 5.90. The van der Waals surface area contributed by atoms with Crippen LogP contribution in [0.15, 0.2) is 54.1 Å². The van der Waals surface area contributed by atoms with Crippen molar-refractivity contribution in [2.75, 3.05) is 18.0 Å². The molecule has 0 radical (unpaired) electrons. The molecule has 2 aromatic heterocycles. The van der Waals surface area contributed by atoms with E-state index in [4.69, 9.17) is 9.94 Å². The zero-order chi connectivity index (χ0) is 23.5. The summed E-state index contributed by atoms with van der Waals surface area (Å²) in [5.74, 6) is -1.50. The van der Waals surface area contributed by atoms with Gasteiger partial charge in [-0.25, -0.2) is 18.6 Å². The summed E-state index contributed by atoms with van der Waals surface area (Å²) in [7, 11) is 0. The monoisotopic (exact) mass is 455 g/mol. The molecule has 2 N–H and O–H groups in total. The minimum Gasteiger partial charge on any atom is -0.442 e. The van der Waals surface area contributed by atoms with Crippen molar-refractivity contribution in [3.8, 4) is 16.9 Å². The molecular formula is C22H19F2N5O4. The molecule has 1 saturated heterocycles. The SMILES string of the molecule is CC(=O)NC[C@H]1CN(c2cc(F)c(-c3ccc(-n4ccc(/C=N/O)c4)nc3)c(F)c2)C(=O)O1. The molecule has 1 aromatic carbocycles. The van der Waals surface area contributed by atoms with E-state index in [1.54, 1.807) is 29.1 Å². The van der Waals surface area contributed by atoms with Gasteiger partial charge in [-0.2, -0.15) is 0 Å². The number of hydrogen-bond acceptors (Lipinski definition) is 6. The number of oxime groups is 1. The van der Waals surface area contributed by atoms with Crippen molar-refractivity contribution in [3.05, 3.63) is 66.1 Å². The van der Waals surface area contributed by atoms with E-state index in [1.807, 2.05) is 0 Å². The number of cyclic esters (lactones) is 1. The van der Waals surface area contributed by atoms with Gasteiger partial charge in [-0.1, -0.05) is 5.16 Å². The van der Waals surface area contributed by atoms with Crippen LogP contribution in [-0.4, -0.2) is 52.2 Å². The van der Waals surface area contributed by atoms with Crippen LogP contribution in [-0.2, 0) is 9.53 Å². The summed E-state index contributed by atoms with van der Waals surface area (Å²) in [5, 5.41) is 14.1. The average Bonchev–Trinajstić information content (AvgIpc) is 3.39. The Kier molecular flexibility index (Phi) is 6.03. The highest BCUT2D eigenvalue weighted by Crippen LogP contribution is 2.32. The number of pyridine rings is 1. The number of hydrogen-bond donors (Lipinski definition) is 2. The molecule has 4 rings (SSSR count). The molecule has 0 unspecified atom stereocenters. The smallest absolute Gasteiger partial charge is 0.414 e. The fourth-order valence-corrected chi connectivity index (χ4v) is 3.47. The van der Waals surface area contributed by atoms with E-state index in [9.17, 15) is 18.4 Å². The fraction of sp³-hybridized carbons (Fsp3) is 0.182. The molecule has 9 nitrogen and oxygen atoms in total. The third-order valence-corrected chi connectivity index (χ3v) is 5.01. The number of nitrogens with one attached hydrogen (secondary N) is 1. The summed E-state index contributed by atoms with van der Waals surface area (Å²) < 4.78 is 36.6. The molecule has 1 fully saturated rings. The van der Waals surface area contributed by atoms with Gasteiger partial charge in [-0.05, 0) is 30.3 Å². The number of carbonyl (C=O) groups excluding carboxylic acids is 2. The summed E-state index contributed by atoms with van der Waals surface area (Å²) in [4.78, 5) is 28.5. The number of halogens is 2. The molecule has 0 bridgehead atoms. The average molecular weight is 455 g/mol. The van der Waals surface area contributed by atoms with Crippen LogP contribution in [0.1, 0.15) is 12.5 Å². The Hall–Kier alpha value is -4.28. The van der Waals surface area contributed by atoms with Crippen molar-refractivity contribution in [2.45, 2.75) is 13.0 Å². The number of anilines is 1. The van der Waals surface area contributed by atoms with Gasteiger partial charge in [-0.3, -0.25) is 9.69 Å². The van der Waals surface area contributed by atoms with Crippen molar-refractivity contribution >= 4 is 23.9 Å². The maximum Gasteiger partial charge on any atom is 0.414 e. The van der Waals surface area contributed by atoms with Crippen molar-refractivity contribution in [1.29, 1.82) is 0 Å².